The van der Waals surface area contributed by atoms with E-state index < -0.39 is 63.4 Å². The summed E-state index contributed by atoms with van der Waals surface area (Å²) in [5, 5.41) is 29.7. The van der Waals surface area contributed by atoms with Gasteiger partial charge in [0.15, 0.2) is 5.65 Å². The van der Waals surface area contributed by atoms with Gasteiger partial charge in [0.05, 0.1) is 12.0 Å². The van der Waals surface area contributed by atoms with Crippen molar-refractivity contribution < 1.29 is 58.9 Å². The number of carbonyl (C=O) groups is 4. The van der Waals surface area contributed by atoms with Gasteiger partial charge < -0.3 is 30.5 Å². The van der Waals surface area contributed by atoms with Crippen molar-refractivity contribution in [3.8, 4) is 5.88 Å². The molecule has 5 rings (SSSR count). The van der Waals surface area contributed by atoms with Crippen LogP contribution in [0.2, 0.25) is 0 Å². The van der Waals surface area contributed by atoms with E-state index in [1.807, 2.05) is 6.08 Å². The van der Waals surface area contributed by atoms with Gasteiger partial charge in [-0.05, 0) is 51.2 Å². The van der Waals surface area contributed by atoms with Gasteiger partial charge in [-0.2, -0.15) is 4.52 Å². The first-order chi connectivity index (χ1) is 18.0. The number of rotatable bonds is 6. The second-order valence-electron chi connectivity index (χ2n) is 9.94. The van der Waals surface area contributed by atoms with Crippen molar-refractivity contribution in [2.45, 2.75) is 67.8 Å². The van der Waals surface area contributed by atoms with Crippen molar-refractivity contribution in [2.75, 3.05) is 0 Å². The average Bonchev–Trinajstić information content (AvgIpc) is 3.14. The fourth-order valence-electron chi connectivity index (χ4n) is 5.13. The number of β-lactam (4-membered cyclic amide) rings is 1. The van der Waals surface area contributed by atoms with Crippen LogP contribution >= 0.6 is 11.8 Å². The Balaban J connectivity index is 0.00000353. The zero-order valence-corrected chi connectivity index (χ0v) is 24.4. The van der Waals surface area contributed by atoms with E-state index in [9.17, 15) is 34.2 Å². The Kier molecular flexibility index (Phi) is 8.13. The van der Waals surface area contributed by atoms with Crippen molar-refractivity contribution in [1.82, 2.24) is 30.1 Å². The van der Waals surface area contributed by atoms with Crippen LogP contribution in [0.5, 0.6) is 5.88 Å². The van der Waals surface area contributed by atoms with Crippen LogP contribution in [0.3, 0.4) is 0 Å². The van der Waals surface area contributed by atoms with Crippen molar-refractivity contribution >= 4 is 41.1 Å². The minimum absolute atomic E-state index is 0. The molecule has 0 radical (unpaired) electrons. The van der Waals surface area contributed by atoms with Gasteiger partial charge in [-0.15, -0.1) is 16.9 Å². The van der Waals surface area contributed by atoms with Gasteiger partial charge in [0.1, 0.15) is 23.0 Å². The van der Waals surface area contributed by atoms with Gasteiger partial charge >= 0.3 is 29.6 Å². The molecule has 4 heterocycles. The Morgan fingerprint density at radius 3 is 2.64 bits per heavy atom. The van der Waals surface area contributed by atoms with Gasteiger partial charge in [0.25, 0.3) is 11.5 Å². The summed E-state index contributed by atoms with van der Waals surface area (Å²) in [4.78, 5) is 69.2. The molecule has 200 valence electrons. The van der Waals surface area contributed by atoms with Crippen LogP contribution in [0.1, 0.15) is 49.9 Å². The fourth-order valence-corrected chi connectivity index (χ4v) is 6.75. The number of carboxylic acids is 1. The Morgan fingerprint density at radius 2 is 1.97 bits per heavy atom. The number of hydrogen-bond donors (Lipinski definition) is 3. The fraction of sp³-hybridized carbons (Fsp3) is 0.458. The van der Waals surface area contributed by atoms with Crippen molar-refractivity contribution in [2.24, 2.45) is 0 Å². The molecule has 39 heavy (non-hydrogen) atoms. The largest absolute Gasteiger partial charge is 1.00 e. The Bertz CT molecular complexity index is 1460. The third-order valence-electron chi connectivity index (χ3n) is 6.99. The molecule has 0 saturated carbocycles. The molecular weight excluding hydrogens is 539 g/mol. The van der Waals surface area contributed by atoms with Crippen LogP contribution in [0.15, 0.2) is 34.8 Å². The van der Waals surface area contributed by atoms with Gasteiger partial charge in [0, 0.05) is 17.0 Å². The summed E-state index contributed by atoms with van der Waals surface area (Å²) in [6.45, 7) is 3.40. The molecule has 2 aromatic heterocycles. The Labute approximate surface area is 248 Å². The number of carbonyl (C=O) groups excluding carboxylic acids is 4. The monoisotopic (exact) mass is 564 g/mol. The summed E-state index contributed by atoms with van der Waals surface area (Å²) >= 11 is 1.26. The molecule has 2 saturated heterocycles. The molecule has 0 aromatic carbocycles. The average molecular weight is 565 g/mol. The standard InChI is InChI=1S/C24H26N6O7S.Na/c1-24(2)17(23(36)37)29-21(35)16(22(29)38-24)27-19(33)15(11-6-4-3-5-7-11)26-18(32)12-10-25-13-8-9-14(31)28-30(13)20(12)34;/h6,8-10,15-17,22H,3-5,7H2,1-2H3,(H,26,32)(H,27,33)(H,28,31)(H,36,37);/q;+1/p-1/t15?,16-,17+,22-;/m1./s1. The third kappa shape index (κ3) is 5.17. The van der Waals surface area contributed by atoms with Gasteiger partial charge in [0.2, 0.25) is 17.7 Å². The third-order valence-corrected chi connectivity index (χ3v) is 8.56. The number of fused-ring (bicyclic) bond motifs is 2. The van der Waals surface area contributed by atoms with Crippen LogP contribution in [0.4, 0.5) is 0 Å². The topological polar surface area (TPSA) is 186 Å². The van der Waals surface area contributed by atoms with Crippen molar-refractivity contribution in [3.05, 3.63) is 45.9 Å². The molecule has 3 aliphatic rings. The van der Waals surface area contributed by atoms with E-state index in [1.165, 1.54) is 28.8 Å². The number of carboxylic acid groups (broad SMARTS) is 1. The number of hydrogen-bond acceptors (Lipinski definition) is 10. The first-order valence-electron chi connectivity index (χ1n) is 12.1. The molecule has 2 aliphatic heterocycles. The zero-order chi connectivity index (χ0) is 27.4. The first-order valence-corrected chi connectivity index (χ1v) is 13.0. The van der Waals surface area contributed by atoms with Crippen molar-refractivity contribution in [3.63, 3.8) is 0 Å². The quantitative estimate of drug-likeness (QED) is 0.176. The van der Waals surface area contributed by atoms with Crippen LogP contribution in [-0.2, 0) is 14.4 Å². The molecule has 2 fully saturated rings. The second-order valence-corrected chi connectivity index (χ2v) is 11.7. The van der Waals surface area contributed by atoms with Crippen LogP contribution < -0.4 is 50.9 Å². The smallest absolute Gasteiger partial charge is 0.548 e. The SMILES string of the molecule is CC1(C)S[C@@H]2[C@H](NC(=O)C(NC(=O)c3cnc4ccc(O)nn4c3=O)C3=CCCCC3)C(=O)N2[C@H]1C(=O)[O-].[Na+]. The van der Waals surface area contributed by atoms with E-state index in [0.717, 1.165) is 23.6 Å². The Hall–Kier alpha value is -2.94. The van der Waals surface area contributed by atoms with E-state index in [-0.39, 0.29) is 40.8 Å². The van der Waals surface area contributed by atoms with E-state index in [0.29, 0.717) is 18.4 Å². The summed E-state index contributed by atoms with van der Waals surface area (Å²) in [6, 6.07) is -0.658. The zero-order valence-electron chi connectivity index (χ0n) is 21.5. The van der Waals surface area contributed by atoms with E-state index in [1.54, 1.807) is 13.8 Å². The number of aliphatic carboxylic acids is 1. The molecule has 2 aromatic rings. The van der Waals surface area contributed by atoms with Gasteiger partial charge in [-0.1, -0.05) is 6.08 Å². The van der Waals surface area contributed by atoms with E-state index >= 15 is 0 Å². The summed E-state index contributed by atoms with van der Waals surface area (Å²) in [6.07, 6.45) is 5.88. The summed E-state index contributed by atoms with van der Waals surface area (Å²) in [7, 11) is 0. The maximum absolute atomic E-state index is 13.4. The molecule has 15 heteroatoms. The molecule has 3 amide bonds. The van der Waals surface area contributed by atoms with Gasteiger partial charge in [-0.3, -0.25) is 19.2 Å². The number of allylic oxidation sites excluding steroid dienone is 1. The second kappa shape index (κ2) is 10.9. The number of nitrogens with zero attached hydrogens (tertiary/aromatic N) is 4. The maximum Gasteiger partial charge on any atom is 1.00 e. The van der Waals surface area contributed by atoms with E-state index in [4.69, 9.17) is 0 Å². The number of aromatic nitrogens is 3. The number of aromatic hydroxyl groups is 1. The van der Waals surface area contributed by atoms with Crippen LogP contribution in [0, 0.1) is 0 Å². The normalized spacial score (nSPS) is 24.1. The molecule has 13 nitrogen and oxygen atoms in total. The summed E-state index contributed by atoms with van der Waals surface area (Å²) < 4.78 is -0.0283. The molecule has 0 spiro atoms. The maximum atomic E-state index is 13.4. The molecular formula is C24H25N6NaO7S. The summed E-state index contributed by atoms with van der Waals surface area (Å²) in [5.41, 5.74) is -0.454. The number of thioether (sulfide) groups is 1. The number of nitrogens with one attached hydrogen (secondary N) is 2. The number of amides is 3. The molecule has 3 N–H and O–H groups in total. The first kappa shape index (κ1) is 29.1. The predicted octanol–water partition coefficient (Wildman–Crippen LogP) is -4.31. The molecule has 0 bridgehead atoms. The van der Waals surface area contributed by atoms with Gasteiger partial charge in [-0.25, -0.2) is 4.98 Å². The molecule has 1 unspecified atom stereocenters. The summed E-state index contributed by atoms with van der Waals surface area (Å²) in [5.74, 6) is -3.86. The van der Waals surface area contributed by atoms with Crippen LogP contribution in [0.25, 0.3) is 5.65 Å². The minimum Gasteiger partial charge on any atom is -0.548 e. The molecule has 4 atom stereocenters. The Morgan fingerprint density at radius 1 is 1.23 bits per heavy atom. The van der Waals surface area contributed by atoms with Crippen LogP contribution in [-0.4, -0.2) is 76.5 Å². The minimum atomic E-state index is -1.36. The van der Waals surface area contributed by atoms with Crippen molar-refractivity contribution in [1.29, 1.82) is 0 Å². The molecule has 1 aliphatic carbocycles. The van der Waals surface area contributed by atoms with E-state index in [2.05, 4.69) is 20.7 Å². The predicted molar refractivity (Wildman–Crippen MR) is 132 cm³/mol.